The van der Waals surface area contributed by atoms with E-state index in [-0.39, 0.29) is 20.3 Å². The molecule has 8 heteroatoms. The number of nitrogens with two attached hydrogens (primary N) is 1. The van der Waals surface area contributed by atoms with Crippen LogP contribution in [0.2, 0.25) is 0 Å². The summed E-state index contributed by atoms with van der Waals surface area (Å²) in [6.07, 6.45) is 11.5. The van der Waals surface area contributed by atoms with Crippen molar-refractivity contribution < 1.29 is 35.4 Å². The fraction of sp³-hybridized carbons (Fsp3) is 0.417. The molecule has 2 heterocycles. The highest BCUT2D eigenvalue weighted by atomic mass is 19.1. The van der Waals surface area contributed by atoms with Crippen LogP contribution in [0.5, 0.6) is 5.75 Å². The van der Waals surface area contributed by atoms with Gasteiger partial charge in [-0.05, 0) is 64.8 Å². The van der Waals surface area contributed by atoms with Crippen LogP contribution in [0.4, 0.5) is 8.78 Å². The first-order valence-corrected chi connectivity index (χ1v) is 14.2. The van der Waals surface area contributed by atoms with Crippen molar-refractivity contribution in [1.82, 2.24) is 0 Å². The molecular weight excluding hydrogens is 564 g/mol. The molecule has 1 unspecified atom stereocenters. The van der Waals surface area contributed by atoms with Crippen LogP contribution in [0, 0.1) is 37.8 Å². The predicted molar refractivity (Wildman–Crippen MR) is 184 cm³/mol. The van der Waals surface area contributed by atoms with E-state index in [1.165, 1.54) is 37.8 Å². The molecule has 0 bridgehead atoms. The molecule has 0 aromatic heterocycles. The monoisotopic (exact) mass is 623 g/mol. The van der Waals surface area contributed by atoms with Gasteiger partial charge in [0.2, 0.25) is 0 Å². The smallest absolute Gasteiger partial charge is 0.292 e. The zero-order valence-electron chi connectivity index (χ0n) is 27.9. The van der Waals surface area contributed by atoms with Gasteiger partial charge in [0, 0.05) is 14.3 Å². The van der Waals surface area contributed by atoms with E-state index in [0.717, 1.165) is 37.3 Å². The van der Waals surface area contributed by atoms with Gasteiger partial charge in [-0.3, -0.25) is 4.79 Å². The SMILES string of the molecule is C#CC.C1OCO1.C=C.C=C.CCC.CN.COC=O.Cc1ccc(C)cc1.Fc1ccc(F)c2c1OC=C1CCCCC12.[HH].[HH]. The van der Waals surface area contributed by atoms with E-state index in [0.29, 0.717) is 25.6 Å². The number of hydrogen-bond acceptors (Lipinski definition) is 6. The topological polar surface area (TPSA) is 80.0 Å². The summed E-state index contributed by atoms with van der Waals surface area (Å²) in [4.78, 5) is 8.95. The van der Waals surface area contributed by atoms with Crippen molar-refractivity contribution in [2.75, 3.05) is 27.7 Å². The summed E-state index contributed by atoms with van der Waals surface area (Å²) in [5.41, 5.74) is 8.67. The zero-order chi connectivity index (χ0) is 34.8. The van der Waals surface area contributed by atoms with Gasteiger partial charge >= 0.3 is 0 Å². The lowest BCUT2D eigenvalue weighted by Crippen LogP contribution is -2.16. The van der Waals surface area contributed by atoms with Crippen LogP contribution in [0.25, 0.3) is 0 Å². The van der Waals surface area contributed by atoms with Crippen molar-refractivity contribution in [2.24, 2.45) is 5.73 Å². The molecule has 1 atom stereocenters. The van der Waals surface area contributed by atoms with Gasteiger partial charge < -0.3 is 24.7 Å². The largest absolute Gasteiger partial charge is 0.471 e. The zero-order valence-corrected chi connectivity index (χ0v) is 27.9. The highest BCUT2D eigenvalue weighted by molar-refractivity contribution is 5.46. The Morgan fingerprint density at radius 3 is 1.73 bits per heavy atom. The van der Waals surface area contributed by atoms with E-state index >= 15 is 0 Å². The number of allylic oxidation sites excluding steroid dienone is 1. The predicted octanol–water partition coefficient (Wildman–Crippen LogP) is 9.67. The van der Waals surface area contributed by atoms with Crippen molar-refractivity contribution in [3.05, 3.63) is 103 Å². The Labute approximate surface area is 268 Å². The van der Waals surface area contributed by atoms with Gasteiger partial charge in [-0.25, -0.2) is 8.78 Å². The Morgan fingerprint density at radius 2 is 1.36 bits per heavy atom. The third-order valence-corrected chi connectivity index (χ3v) is 5.08. The van der Waals surface area contributed by atoms with E-state index < -0.39 is 5.82 Å². The molecule has 0 radical (unpaired) electrons. The minimum absolute atomic E-state index is 0. The number of carbonyl (C=O) groups is 1. The lowest BCUT2D eigenvalue weighted by atomic mass is 9.79. The molecule has 2 N–H and O–H groups in total. The van der Waals surface area contributed by atoms with Crippen LogP contribution in [-0.4, -0.2) is 34.2 Å². The fourth-order valence-electron chi connectivity index (χ4n) is 3.36. The van der Waals surface area contributed by atoms with Crippen molar-refractivity contribution in [2.45, 2.75) is 72.6 Å². The van der Waals surface area contributed by atoms with E-state index in [2.05, 4.69) is 111 Å². The maximum Gasteiger partial charge on any atom is 0.292 e. The summed E-state index contributed by atoms with van der Waals surface area (Å²) in [7, 11) is 2.81. The Balaban J connectivity index is -0.000000114. The number of benzene rings is 2. The number of fused-ring (bicyclic) bond motifs is 3. The second-order valence-corrected chi connectivity index (χ2v) is 8.51. The van der Waals surface area contributed by atoms with Gasteiger partial charge in [-0.15, -0.1) is 38.7 Å². The molecule has 2 aromatic rings. The number of terminal acetylenes is 1. The van der Waals surface area contributed by atoms with Crippen LogP contribution >= 0.6 is 0 Å². The lowest BCUT2D eigenvalue weighted by Gasteiger charge is -2.30. The third kappa shape index (κ3) is 22.8. The molecule has 3 aliphatic rings. The van der Waals surface area contributed by atoms with E-state index in [1.807, 2.05) is 0 Å². The number of carbonyl (C=O) groups excluding carboxylic acids is 1. The fourth-order valence-corrected chi connectivity index (χ4v) is 3.36. The second-order valence-electron chi connectivity index (χ2n) is 8.51. The molecule has 252 valence electrons. The molecule has 2 aliphatic heterocycles. The van der Waals surface area contributed by atoms with Crippen molar-refractivity contribution in [3.63, 3.8) is 0 Å². The average molecular weight is 624 g/mol. The molecule has 2 fully saturated rings. The van der Waals surface area contributed by atoms with Crippen molar-refractivity contribution in [3.8, 4) is 18.1 Å². The van der Waals surface area contributed by atoms with Crippen molar-refractivity contribution >= 4 is 6.47 Å². The number of halogens is 2. The molecule has 44 heavy (non-hydrogen) atoms. The van der Waals surface area contributed by atoms with Gasteiger partial charge in [0.15, 0.2) is 25.2 Å². The molecule has 5 rings (SSSR count). The molecule has 1 aliphatic carbocycles. The van der Waals surface area contributed by atoms with Crippen LogP contribution < -0.4 is 10.5 Å². The van der Waals surface area contributed by atoms with E-state index in [4.69, 9.17) is 9.53 Å². The Hall–Kier alpha value is -3.77. The van der Waals surface area contributed by atoms with Gasteiger partial charge in [0.05, 0.1) is 13.4 Å². The molecular formula is C36H59F2NO5. The standard InChI is InChI=1S/C13H12F2O.C8H10.C3H8.C3H4.2C2H4O2.2C2H4.CH5N.2H2/c14-10-5-6-11(15)13-12(10)9-4-2-1-3-8(9)7-16-13;1-7-3-5-8(2)6-4-7;2*1-3-2;1-3-2-4-1;1-4-2-3;3*1-2;;/h5-7,9H,1-4H2;3-6H,1-2H3;3H2,1-2H3;1H,2H3;1-2H2;2H,1H3;2*1-2H2;2H2,1H3;2*1H. The van der Waals surface area contributed by atoms with Gasteiger partial charge in [-0.2, -0.15) is 0 Å². The number of hydrogen-bond donors (Lipinski definition) is 1. The third-order valence-electron chi connectivity index (χ3n) is 5.08. The van der Waals surface area contributed by atoms with Crippen LogP contribution in [0.3, 0.4) is 0 Å². The van der Waals surface area contributed by atoms with Crippen molar-refractivity contribution in [1.29, 1.82) is 0 Å². The summed E-state index contributed by atoms with van der Waals surface area (Å²) in [5, 5.41) is 0. The molecule has 0 amide bonds. The average Bonchev–Trinajstić information content (AvgIpc) is 3.03. The number of rotatable bonds is 1. The molecule has 1 saturated heterocycles. The van der Waals surface area contributed by atoms with Gasteiger partial charge in [0.25, 0.3) is 6.47 Å². The van der Waals surface area contributed by atoms with E-state index in [1.54, 1.807) is 13.2 Å². The first-order chi connectivity index (χ1) is 21.3. The summed E-state index contributed by atoms with van der Waals surface area (Å²) in [6, 6.07) is 10.8. The maximum absolute atomic E-state index is 13.7. The summed E-state index contributed by atoms with van der Waals surface area (Å²) < 4.78 is 45.3. The molecule has 0 spiro atoms. The van der Waals surface area contributed by atoms with Crippen LogP contribution in [0.15, 0.2) is 74.5 Å². The first-order valence-electron chi connectivity index (χ1n) is 14.2. The number of methoxy groups -OCH3 is 1. The minimum atomic E-state index is -0.475. The highest BCUT2D eigenvalue weighted by Crippen LogP contribution is 2.46. The quantitative estimate of drug-likeness (QED) is 0.194. The summed E-state index contributed by atoms with van der Waals surface area (Å²) in [5.74, 6) is 1.52. The number of ether oxygens (including phenoxy) is 4. The Bertz CT molecular complexity index is 1000. The van der Waals surface area contributed by atoms with Gasteiger partial charge in [0.1, 0.15) is 5.82 Å². The molecule has 2 aromatic carbocycles. The summed E-state index contributed by atoms with van der Waals surface area (Å²) >= 11 is 0. The summed E-state index contributed by atoms with van der Waals surface area (Å²) in [6.45, 7) is 23.5. The lowest BCUT2D eigenvalue weighted by molar-refractivity contribution is -0.247. The second kappa shape index (κ2) is 35.4. The van der Waals surface area contributed by atoms with Crippen LogP contribution in [0.1, 0.15) is 78.3 Å². The molecule has 1 saturated carbocycles. The van der Waals surface area contributed by atoms with Gasteiger partial charge in [-0.1, -0.05) is 62.1 Å². The first kappa shape index (κ1) is 47.2. The minimum Gasteiger partial charge on any atom is -0.471 e. The van der Waals surface area contributed by atoms with Crippen LogP contribution in [-0.2, 0) is 19.0 Å². The molecule has 6 nitrogen and oxygen atoms in total. The van der Waals surface area contributed by atoms with E-state index in [9.17, 15) is 8.78 Å². The Kier molecular flexibility index (Phi) is 38.0. The normalized spacial score (nSPS) is 13.6. The Morgan fingerprint density at radius 1 is 0.977 bits per heavy atom. The maximum atomic E-state index is 13.7. The number of aryl methyl sites for hydroxylation is 2. The highest BCUT2D eigenvalue weighted by Gasteiger charge is 2.31.